The maximum atomic E-state index is 6.21. The Bertz CT molecular complexity index is 438. The summed E-state index contributed by atoms with van der Waals surface area (Å²) in [4.78, 5) is 0. The molecule has 116 valence electrons. The van der Waals surface area contributed by atoms with Crippen molar-refractivity contribution >= 4 is 0 Å². The smallest absolute Gasteiger partial charge is 0.0685 e. The van der Waals surface area contributed by atoms with Gasteiger partial charge in [0.1, 0.15) is 0 Å². The van der Waals surface area contributed by atoms with E-state index < -0.39 is 0 Å². The van der Waals surface area contributed by atoms with Crippen LogP contribution in [-0.2, 0) is 4.74 Å². The van der Waals surface area contributed by atoms with Crippen LogP contribution in [0.1, 0.15) is 56.9 Å². The van der Waals surface area contributed by atoms with Gasteiger partial charge < -0.3 is 10.1 Å². The molecule has 1 saturated carbocycles. The maximum absolute atomic E-state index is 6.21. The topological polar surface area (TPSA) is 21.3 Å². The van der Waals surface area contributed by atoms with Crippen LogP contribution in [0.2, 0.25) is 0 Å². The quantitative estimate of drug-likeness (QED) is 0.899. The Morgan fingerprint density at radius 3 is 2.57 bits per heavy atom. The lowest BCUT2D eigenvalue weighted by molar-refractivity contribution is -0.0986. The minimum atomic E-state index is 0.217. The zero-order valence-corrected chi connectivity index (χ0v) is 13.5. The van der Waals surface area contributed by atoms with Crippen LogP contribution in [0.5, 0.6) is 0 Å². The first-order valence-electron chi connectivity index (χ1n) is 8.60. The first-order valence-corrected chi connectivity index (χ1v) is 8.60. The molecule has 1 aromatic rings. The molecular weight excluding hydrogens is 258 g/mol. The number of hydrogen-bond donors (Lipinski definition) is 1. The highest BCUT2D eigenvalue weighted by Crippen LogP contribution is 2.44. The molecule has 1 N–H and O–H groups in total. The van der Waals surface area contributed by atoms with Crippen molar-refractivity contribution in [2.75, 3.05) is 13.7 Å². The summed E-state index contributed by atoms with van der Waals surface area (Å²) in [7, 11) is 2.13. The Labute approximate surface area is 129 Å². The average molecular weight is 287 g/mol. The third kappa shape index (κ3) is 3.17. The zero-order valence-electron chi connectivity index (χ0n) is 13.5. The minimum absolute atomic E-state index is 0.217. The van der Waals surface area contributed by atoms with Gasteiger partial charge in [0.25, 0.3) is 0 Å². The standard InChI is InChI=1S/C19H29NO/c1-15(16-8-4-3-5-9-16)18(20-2)17-10-13-21-19(14-17)11-6-7-12-19/h3-5,8-9,15,17-18,20H,6-7,10-14H2,1-2H3. The first kappa shape index (κ1) is 15.1. The Morgan fingerprint density at radius 1 is 1.19 bits per heavy atom. The molecule has 3 unspecified atom stereocenters. The molecule has 21 heavy (non-hydrogen) atoms. The first-order chi connectivity index (χ1) is 10.2. The molecule has 0 aromatic heterocycles. The third-order valence-corrected chi connectivity index (χ3v) is 5.75. The maximum Gasteiger partial charge on any atom is 0.0685 e. The van der Waals surface area contributed by atoms with E-state index in [-0.39, 0.29) is 5.60 Å². The zero-order chi connectivity index (χ0) is 14.7. The molecule has 1 heterocycles. The molecule has 1 aliphatic carbocycles. The van der Waals surface area contributed by atoms with Crippen LogP contribution in [0.3, 0.4) is 0 Å². The lowest BCUT2D eigenvalue weighted by Gasteiger charge is -2.43. The van der Waals surface area contributed by atoms with Crippen LogP contribution in [-0.4, -0.2) is 25.3 Å². The van der Waals surface area contributed by atoms with Crippen molar-refractivity contribution in [2.45, 2.75) is 63.0 Å². The van der Waals surface area contributed by atoms with Gasteiger partial charge in [0.15, 0.2) is 0 Å². The summed E-state index contributed by atoms with van der Waals surface area (Å²) in [6.45, 7) is 3.32. The van der Waals surface area contributed by atoms with Crippen LogP contribution in [0.4, 0.5) is 0 Å². The third-order valence-electron chi connectivity index (χ3n) is 5.75. The van der Waals surface area contributed by atoms with Crippen molar-refractivity contribution in [1.82, 2.24) is 5.32 Å². The van der Waals surface area contributed by atoms with Crippen molar-refractivity contribution in [3.63, 3.8) is 0 Å². The van der Waals surface area contributed by atoms with Gasteiger partial charge >= 0.3 is 0 Å². The molecule has 0 amide bonds. The number of ether oxygens (including phenoxy) is 1. The highest BCUT2D eigenvalue weighted by molar-refractivity contribution is 5.21. The predicted molar refractivity (Wildman–Crippen MR) is 87.6 cm³/mol. The SMILES string of the molecule is CNC(C1CCOC2(CCCC2)C1)C(C)c1ccccc1. The van der Waals surface area contributed by atoms with Gasteiger partial charge in [-0.15, -0.1) is 0 Å². The summed E-state index contributed by atoms with van der Waals surface area (Å²) in [6.07, 6.45) is 7.70. The molecule has 1 saturated heterocycles. The monoisotopic (exact) mass is 287 g/mol. The molecular formula is C19H29NO. The van der Waals surface area contributed by atoms with Gasteiger partial charge in [0.05, 0.1) is 5.60 Å². The lowest BCUT2D eigenvalue weighted by atomic mass is 9.75. The fourth-order valence-corrected chi connectivity index (χ4v) is 4.60. The molecule has 0 radical (unpaired) electrons. The number of hydrogen-bond acceptors (Lipinski definition) is 2. The highest BCUT2D eigenvalue weighted by atomic mass is 16.5. The van der Waals surface area contributed by atoms with E-state index in [1.54, 1.807) is 0 Å². The Balaban J connectivity index is 1.73. The summed E-state index contributed by atoms with van der Waals surface area (Å²) in [5.41, 5.74) is 1.66. The molecule has 2 fully saturated rings. The average Bonchev–Trinajstić information content (AvgIpc) is 2.96. The summed E-state index contributed by atoms with van der Waals surface area (Å²) in [5.74, 6) is 1.29. The largest absolute Gasteiger partial charge is 0.375 e. The van der Waals surface area contributed by atoms with Crippen LogP contribution in [0, 0.1) is 5.92 Å². The molecule has 1 aliphatic heterocycles. The van der Waals surface area contributed by atoms with Crippen molar-refractivity contribution < 1.29 is 4.74 Å². The molecule has 0 bridgehead atoms. The van der Waals surface area contributed by atoms with Gasteiger partial charge in [0.2, 0.25) is 0 Å². The molecule has 3 rings (SSSR count). The Morgan fingerprint density at radius 2 is 1.90 bits per heavy atom. The van der Waals surface area contributed by atoms with Crippen molar-refractivity contribution in [3.05, 3.63) is 35.9 Å². The molecule has 2 nitrogen and oxygen atoms in total. The number of benzene rings is 1. The molecule has 1 spiro atoms. The van der Waals surface area contributed by atoms with Gasteiger partial charge in [-0.25, -0.2) is 0 Å². The second-order valence-corrected chi connectivity index (χ2v) is 7.01. The van der Waals surface area contributed by atoms with E-state index in [0.717, 1.165) is 12.5 Å². The molecule has 1 aromatic carbocycles. The van der Waals surface area contributed by atoms with E-state index in [4.69, 9.17) is 4.74 Å². The van der Waals surface area contributed by atoms with E-state index in [1.807, 2.05) is 0 Å². The fourth-order valence-electron chi connectivity index (χ4n) is 4.60. The summed E-state index contributed by atoms with van der Waals surface area (Å²) in [5, 5.41) is 3.62. The van der Waals surface area contributed by atoms with Gasteiger partial charge in [-0.05, 0) is 50.1 Å². The van der Waals surface area contributed by atoms with E-state index in [0.29, 0.717) is 12.0 Å². The minimum Gasteiger partial charge on any atom is -0.375 e. The number of rotatable bonds is 4. The van der Waals surface area contributed by atoms with Crippen LogP contribution in [0.15, 0.2) is 30.3 Å². The van der Waals surface area contributed by atoms with Crippen LogP contribution >= 0.6 is 0 Å². The number of nitrogens with one attached hydrogen (secondary N) is 1. The van der Waals surface area contributed by atoms with Gasteiger partial charge in [-0.1, -0.05) is 50.1 Å². The predicted octanol–water partition coefficient (Wildman–Crippen LogP) is 4.12. The van der Waals surface area contributed by atoms with Crippen LogP contribution in [0.25, 0.3) is 0 Å². The van der Waals surface area contributed by atoms with E-state index in [2.05, 4.69) is 49.6 Å². The van der Waals surface area contributed by atoms with Gasteiger partial charge in [0, 0.05) is 12.6 Å². The summed E-state index contributed by atoms with van der Waals surface area (Å²) in [6, 6.07) is 11.5. The molecule has 2 heteroatoms. The normalized spacial score (nSPS) is 27.6. The van der Waals surface area contributed by atoms with Crippen molar-refractivity contribution in [1.29, 1.82) is 0 Å². The van der Waals surface area contributed by atoms with E-state index >= 15 is 0 Å². The Hall–Kier alpha value is -0.860. The summed E-state index contributed by atoms with van der Waals surface area (Å²) < 4.78 is 6.21. The Kier molecular flexibility index (Phi) is 4.66. The van der Waals surface area contributed by atoms with E-state index in [9.17, 15) is 0 Å². The van der Waals surface area contributed by atoms with Gasteiger partial charge in [-0.3, -0.25) is 0 Å². The second kappa shape index (κ2) is 6.50. The number of likely N-dealkylation sites (N-methyl/N-ethyl adjacent to an activating group) is 1. The van der Waals surface area contributed by atoms with Crippen molar-refractivity contribution in [2.24, 2.45) is 5.92 Å². The molecule has 2 aliphatic rings. The summed E-state index contributed by atoms with van der Waals surface area (Å²) >= 11 is 0. The lowest BCUT2D eigenvalue weighted by Crippen LogP contribution is -2.46. The fraction of sp³-hybridized carbons (Fsp3) is 0.684. The van der Waals surface area contributed by atoms with Crippen molar-refractivity contribution in [3.8, 4) is 0 Å². The second-order valence-electron chi connectivity index (χ2n) is 7.01. The van der Waals surface area contributed by atoms with Crippen LogP contribution < -0.4 is 5.32 Å². The highest BCUT2D eigenvalue weighted by Gasteiger charge is 2.42. The van der Waals surface area contributed by atoms with Gasteiger partial charge in [-0.2, -0.15) is 0 Å². The molecule has 3 atom stereocenters. The van der Waals surface area contributed by atoms with E-state index in [1.165, 1.54) is 44.1 Å².